The van der Waals surface area contributed by atoms with Crippen LogP contribution in [0.15, 0.2) is 55.0 Å². The number of hydrogen-bond donors (Lipinski definition) is 0. The minimum Gasteiger partial charge on any atom is -0.304 e. The molecule has 0 N–H and O–H groups in total. The smallest absolute Gasteiger partial charge is 0.304 e. The number of hydrogen-bond acceptors (Lipinski definition) is 6. The fourth-order valence-corrected chi connectivity index (χ4v) is 4.97. The maximum atomic E-state index is 13.9. The van der Waals surface area contributed by atoms with E-state index in [1.54, 1.807) is 12.3 Å². The van der Waals surface area contributed by atoms with Gasteiger partial charge in [0.05, 0.1) is 22.8 Å². The van der Waals surface area contributed by atoms with Crippen molar-refractivity contribution in [3.8, 4) is 11.8 Å². The molecule has 4 heterocycles. The molecule has 0 unspecified atom stereocenters. The predicted molar refractivity (Wildman–Crippen MR) is 136 cm³/mol. The summed E-state index contributed by atoms with van der Waals surface area (Å²) in [4.78, 5) is 25.9. The third-order valence-corrected chi connectivity index (χ3v) is 7.28. The number of pyridine rings is 1. The van der Waals surface area contributed by atoms with Crippen LogP contribution in [-0.2, 0) is 19.1 Å². The highest BCUT2D eigenvalue weighted by atomic mass is 32.1. The minimum absolute atomic E-state index is 0.139. The monoisotopic (exact) mass is 523 g/mol. The number of halogens is 3. The van der Waals surface area contributed by atoms with Crippen molar-refractivity contribution >= 4 is 22.8 Å². The van der Waals surface area contributed by atoms with Crippen LogP contribution in [0.5, 0.6) is 0 Å². The van der Waals surface area contributed by atoms with Crippen LogP contribution in [0.25, 0.3) is 5.65 Å². The number of aromatic nitrogens is 3. The fourth-order valence-electron chi connectivity index (χ4n) is 4.26. The minimum atomic E-state index is -4.49. The number of fused-ring (bicyclic) bond motifs is 1. The molecule has 1 aromatic carbocycles. The van der Waals surface area contributed by atoms with Gasteiger partial charge < -0.3 is 4.90 Å². The van der Waals surface area contributed by atoms with Gasteiger partial charge in [0, 0.05) is 45.3 Å². The number of thiazole rings is 1. The number of rotatable bonds is 5. The van der Waals surface area contributed by atoms with Gasteiger partial charge in [-0.1, -0.05) is 18.2 Å². The van der Waals surface area contributed by atoms with E-state index in [4.69, 9.17) is 0 Å². The Labute approximate surface area is 216 Å². The molecule has 3 aromatic heterocycles. The topological polar surface area (TPSA) is 53.7 Å². The Bertz CT molecular complexity index is 1490. The molecule has 0 radical (unpaired) electrons. The van der Waals surface area contributed by atoms with Gasteiger partial charge >= 0.3 is 6.18 Å². The quantitative estimate of drug-likeness (QED) is 0.287. The van der Waals surface area contributed by atoms with Crippen molar-refractivity contribution in [3.63, 3.8) is 0 Å². The van der Waals surface area contributed by atoms with Gasteiger partial charge in [0.25, 0.3) is 0 Å². The summed E-state index contributed by atoms with van der Waals surface area (Å²) in [5.41, 5.74) is 1.34. The van der Waals surface area contributed by atoms with Crippen molar-refractivity contribution < 1.29 is 18.0 Å². The molecule has 0 bridgehead atoms. The first kappa shape index (κ1) is 25.1. The highest BCUT2D eigenvalue weighted by molar-refractivity contribution is 7.14. The average Bonchev–Trinajstić information content (AvgIpc) is 3.52. The van der Waals surface area contributed by atoms with Crippen LogP contribution < -0.4 is 0 Å². The molecule has 1 aliphatic heterocycles. The van der Waals surface area contributed by atoms with Crippen LogP contribution in [0, 0.1) is 11.8 Å². The first-order valence-corrected chi connectivity index (χ1v) is 12.6. The van der Waals surface area contributed by atoms with Gasteiger partial charge in [-0.25, -0.2) is 9.97 Å². The number of ketones is 1. The molecule has 4 aromatic rings. The lowest BCUT2D eigenvalue weighted by atomic mass is 9.99. The largest absolute Gasteiger partial charge is 0.416 e. The number of carbonyl (C=O) groups excluding carboxylic acids is 1. The number of benzene rings is 1. The number of nitrogens with zero attached hydrogens (tertiary/aromatic N) is 5. The van der Waals surface area contributed by atoms with Crippen LogP contribution >= 0.6 is 11.3 Å². The number of Topliss-reactive ketones (excluding diaryl/α,β-unsaturated/α-hetero) is 1. The highest BCUT2D eigenvalue weighted by Crippen LogP contribution is 2.34. The second-order valence-electron chi connectivity index (χ2n) is 9.02. The van der Waals surface area contributed by atoms with Crippen LogP contribution in [0.2, 0.25) is 0 Å². The van der Waals surface area contributed by atoms with Crippen molar-refractivity contribution in [2.45, 2.75) is 19.1 Å². The summed E-state index contributed by atoms with van der Waals surface area (Å²) >= 11 is 1.13. The molecule has 0 spiro atoms. The Kier molecular flexibility index (Phi) is 7.11. The predicted octanol–water partition coefficient (Wildman–Crippen LogP) is 4.38. The van der Waals surface area contributed by atoms with Crippen molar-refractivity contribution in [1.82, 2.24) is 24.2 Å². The van der Waals surface area contributed by atoms with E-state index in [0.717, 1.165) is 49.2 Å². The lowest BCUT2D eigenvalue weighted by Crippen LogP contribution is -2.44. The molecule has 0 saturated carbocycles. The molecule has 0 amide bonds. The number of imidazole rings is 1. The van der Waals surface area contributed by atoms with Gasteiger partial charge in [0.15, 0.2) is 10.8 Å². The molecular formula is C27H24F3N5OS. The first-order valence-electron chi connectivity index (χ1n) is 11.8. The number of alkyl halides is 3. The summed E-state index contributed by atoms with van der Waals surface area (Å²) in [6.07, 6.45) is 0.312. The standard InChI is InChI=1S/C27H24F3N5OS/c1-33-10-12-34(13-11-33)18-20-6-5-19(14-22(20)27(28,29)30)15-23(36)24-17-32-26(37-24)8-7-21-16-31-25-4-2-3-9-35(21)25/h2-6,9,14,16-17H,10-13,15,18H2,1H3. The second-order valence-corrected chi connectivity index (χ2v) is 10.1. The maximum absolute atomic E-state index is 13.9. The van der Waals surface area contributed by atoms with E-state index >= 15 is 0 Å². The molecule has 1 aliphatic rings. The molecule has 5 rings (SSSR count). The Morgan fingerprint density at radius 3 is 2.65 bits per heavy atom. The van der Waals surface area contributed by atoms with E-state index in [1.807, 2.05) is 40.7 Å². The van der Waals surface area contributed by atoms with Gasteiger partial charge in [0.2, 0.25) is 0 Å². The molecular weight excluding hydrogens is 499 g/mol. The fraction of sp³-hybridized carbons (Fsp3) is 0.296. The van der Waals surface area contributed by atoms with E-state index in [9.17, 15) is 18.0 Å². The summed E-state index contributed by atoms with van der Waals surface area (Å²) in [6, 6.07) is 9.86. The van der Waals surface area contributed by atoms with Crippen molar-refractivity contribution in [3.05, 3.63) is 87.3 Å². The van der Waals surface area contributed by atoms with E-state index < -0.39 is 11.7 Å². The van der Waals surface area contributed by atoms with E-state index in [0.29, 0.717) is 21.1 Å². The third-order valence-electron chi connectivity index (χ3n) is 6.33. The SMILES string of the molecule is CN1CCN(Cc2ccc(CC(=O)c3cnc(C#Cc4cnc5ccccn45)s3)cc2C(F)(F)F)CC1. The Hall–Kier alpha value is -3.52. The molecule has 0 atom stereocenters. The zero-order chi connectivity index (χ0) is 26.0. The Balaban J connectivity index is 1.29. The summed E-state index contributed by atoms with van der Waals surface area (Å²) in [5, 5.41) is 0.452. The van der Waals surface area contributed by atoms with Gasteiger partial charge in [-0.15, -0.1) is 11.3 Å². The van der Waals surface area contributed by atoms with E-state index in [2.05, 4.69) is 26.7 Å². The van der Waals surface area contributed by atoms with Crippen molar-refractivity contribution in [2.24, 2.45) is 0 Å². The Morgan fingerprint density at radius 1 is 1.05 bits per heavy atom. The zero-order valence-electron chi connectivity index (χ0n) is 20.1. The molecule has 1 saturated heterocycles. The number of carbonyl (C=O) groups is 1. The van der Waals surface area contributed by atoms with Crippen LogP contribution in [-0.4, -0.2) is 63.2 Å². The average molecular weight is 524 g/mol. The summed E-state index contributed by atoms with van der Waals surface area (Å²) < 4.78 is 43.4. The lowest BCUT2D eigenvalue weighted by Gasteiger charge is -2.33. The normalized spacial score (nSPS) is 15.0. The summed E-state index contributed by atoms with van der Waals surface area (Å²) in [6.45, 7) is 3.34. The molecule has 190 valence electrons. The molecule has 37 heavy (non-hydrogen) atoms. The zero-order valence-corrected chi connectivity index (χ0v) is 20.9. The summed E-state index contributed by atoms with van der Waals surface area (Å²) in [7, 11) is 2.00. The summed E-state index contributed by atoms with van der Waals surface area (Å²) in [5.74, 6) is 5.66. The highest BCUT2D eigenvalue weighted by Gasteiger charge is 2.34. The molecule has 6 nitrogen and oxygen atoms in total. The van der Waals surface area contributed by atoms with E-state index in [-0.39, 0.29) is 24.3 Å². The van der Waals surface area contributed by atoms with Gasteiger partial charge in [-0.05, 0) is 48.2 Å². The number of piperazine rings is 1. The van der Waals surface area contributed by atoms with Crippen LogP contribution in [0.3, 0.4) is 0 Å². The van der Waals surface area contributed by atoms with E-state index in [1.165, 1.54) is 12.3 Å². The first-order chi connectivity index (χ1) is 17.8. The number of likely N-dealkylation sites (N-methyl/N-ethyl adjacent to an activating group) is 1. The third kappa shape index (κ3) is 5.91. The second kappa shape index (κ2) is 10.5. The van der Waals surface area contributed by atoms with Crippen molar-refractivity contribution in [2.75, 3.05) is 33.2 Å². The van der Waals surface area contributed by atoms with Crippen molar-refractivity contribution in [1.29, 1.82) is 0 Å². The molecule has 1 fully saturated rings. The van der Waals surface area contributed by atoms with Crippen LogP contribution in [0.1, 0.15) is 37.1 Å². The van der Waals surface area contributed by atoms with Gasteiger partial charge in [-0.3, -0.25) is 14.1 Å². The molecule has 0 aliphatic carbocycles. The van der Waals surface area contributed by atoms with Crippen LogP contribution in [0.4, 0.5) is 13.2 Å². The molecule has 10 heteroatoms. The lowest BCUT2D eigenvalue weighted by molar-refractivity contribution is -0.138. The van der Waals surface area contributed by atoms with Gasteiger partial charge in [-0.2, -0.15) is 13.2 Å². The Morgan fingerprint density at radius 2 is 1.86 bits per heavy atom. The van der Waals surface area contributed by atoms with Gasteiger partial charge in [0.1, 0.15) is 11.3 Å². The maximum Gasteiger partial charge on any atom is 0.416 e.